The van der Waals surface area contributed by atoms with Gasteiger partial charge in [-0.3, -0.25) is 4.79 Å². The maximum atomic E-state index is 12.9. The molecule has 0 radical (unpaired) electrons. The van der Waals surface area contributed by atoms with Crippen LogP contribution in [-0.4, -0.2) is 31.0 Å². The van der Waals surface area contributed by atoms with Gasteiger partial charge < -0.3 is 19.6 Å². The Morgan fingerprint density at radius 3 is 2.87 bits per heavy atom. The number of hydrogen-bond acceptors (Lipinski definition) is 7. The third-order valence-electron chi connectivity index (χ3n) is 4.73. The number of H-pyrrole nitrogens is 1. The lowest BCUT2D eigenvalue weighted by Gasteiger charge is -2.17. The Morgan fingerprint density at radius 2 is 2.03 bits per heavy atom. The Hall–Kier alpha value is -3.96. The van der Waals surface area contributed by atoms with Gasteiger partial charge in [0, 0.05) is 12.5 Å². The molecule has 31 heavy (non-hydrogen) atoms. The lowest BCUT2D eigenvalue weighted by atomic mass is 10.1. The fourth-order valence-electron chi connectivity index (χ4n) is 3.23. The van der Waals surface area contributed by atoms with Gasteiger partial charge in [-0.2, -0.15) is 13.2 Å². The maximum Gasteiger partial charge on any atom is 0.416 e. The van der Waals surface area contributed by atoms with Gasteiger partial charge in [0.2, 0.25) is 11.8 Å². The number of carbonyl (C=O) groups is 1. The average Bonchev–Trinajstić information content (AvgIpc) is 3.37. The van der Waals surface area contributed by atoms with Gasteiger partial charge in [-0.15, -0.1) is 0 Å². The summed E-state index contributed by atoms with van der Waals surface area (Å²) in [7, 11) is 0. The van der Waals surface area contributed by atoms with E-state index < -0.39 is 11.7 Å². The number of ether oxygens (including phenoxy) is 1. The van der Waals surface area contributed by atoms with Crippen molar-refractivity contribution in [2.75, 3.05) is 5.32 Å². The van der Waals surface area contributed by atoms with E-state index in [1.54, 1.807) is 6.07 Å². The Balaban J connectivity index is 1.34. The van der Waals surface area contributed by atoms with Gasteiger partial charge in [-0.1, -0.05) is 5.16 Å². The second-order valence-corrected chi connectivity index (χ2v) is 6.84. The molecule has 0 atom stereocenters. The van der Waals surface area contributed by atoms with E-state index in [0.717, 1.165) is 12.1 Å². The third-order valence-corrected chi connectivity index (χ3v) is 4.73. The van der Waals surface area contributed by atoms with Crippen LogP contribution in [0, 0.1) is 0 Å². The Labute approximate surface area is 171 Å². The minimum atomic E-state index is -4.44. The van der Waals surface area contributed by atoms with Gasteiger partial charge >= 0.3 is 6.18 Å². The number of aromatic nitrogens is 5. The van der Waals surface area contributed by atoms with Crippen LogP contribution in [0.3, 0.4) is 0 Å². The summed E-state index contributed by atoms with van der Waals surface area (Å²) in [5.74, 6) is 1.25. The van der Waals surface area contributed by atoms with Crippen LogP contribution in [0.25, 0.3) is 22.6 Å². The van der Waals surface area contributed by atoms with Crippen LogP contribution in [-0.2, 0) is 24.0 Å². The highest BCUT2D eigenvalue weighted by atomic mass is 19.4. The summed E-state index contributed by atoms with van der Waals surface area (Å²) >= 11 is 0. The van der Waals surface area contributed by atoms with Gasteiger partial charge in [0.15, 0.2) is 18.2 Å². The molecule has 0 fully saturated rings. The molecule has 12 heteroatoms. The molecule has 0 aliphatic carbocycles. The largest absolute Gasteiger partial charge is 0.469 e. The van der Waals surface area contributed by atoms with E-state index in [1.807, 2.05) is 0 Å². The number of halogens is 3. The molecule has 4 heterocycles. The van der Waals surface area contributed by atoms with E-state index in [9.17, 15) is 18.0 Å². The molecule has 0 saturated heterocycles. The molecule has 0 bridgehead atoms. The molecule has 4 aromatic rings. The predicted molar refractivity (Wildman–Crippen MR) is 99.9 cm³/mol. The summed E-state index contributed by atoms with van der Waals surface area (Å²) in [6.45, 7) is 0.00283. The van der Waals surface area contributed by atoms with Crippen molar-refractivity contribution in [1.82, 2.24) is 25.1 Å². The number of benzene rings is 1. The van der Waals surface area contributed by atoms with Gasteiger partial charge in [0.25, 0.3) is 0 Å². The van der Waals surface area contributed by atoms with Crippen molar-refractivity contribution in [1.29, 1.82) is 0 Å². The molecule has 5 rings (SSSR count). The highest BCUT2D eigenvalue weighted by Gasteiger charge is 2.31. The molecular weight excluding hydrogens is 417 g/mol. The SMILES string of the molecule is O=C1CCc2c(ncnc2OCc2cc(-c3nc4ccc(C(F)(F)F)cc4[nH]3)no2)N1. The molecule has 1 aliphatic rings. The van der Waals surface area contributed by atoms with Gasteiger partial charge in [0.05, 0.1) is 22.2 Å². The zero-order valence-electron chi connectivity index (χ0n) is 15.7. The highest BCUT2D eigenvalue weighted by Crippen LogP contribution is 2.32. The van der Waals surface area contributed by atoms with Gasteiger partial charge in [0.1, 0.15) is 17.8 Å². The van der Waals surface area contributed by atoms with E-state index in [2.05, 4.69) is 30.4 Å². The number of amides is 1. The molecule has 1 aromatic carbocycles. The normalized spacial score (nSPS) is 13.8. The third kappa shape index (κ3) is 3.67. The van der Waals surface area contributed by atoms with Crippen molar-refractivity contribution >= 4 is 22.8 Å². The van der Waals surface area contributed by atoms with E-state index in [4.69, 9.17) is 9.26 Å². The Morgan fingerprint density at radius 1 is 1.16 bits per heavy atom. The molecule has 1 aliphatic heterocycles. The number of fused-ring (bicyclic) bond motifs is 2. The summed E-state index contributed by atoms with van der Waals surface area (Å²) < 4.78 is 49.6. The van der Waals surface area contributed by atoms with Crippen molar-refractivity contribution in [3.8, 4) is 17.4 Å². The first-order chi connectivity index (χ1) is 14.9. The van der Waals surface area contributed by atoms with Gasteiger partial charge in [-0.25, -0.2) is 15.0 Å². The minimum Gasteiger partial charge on any atom is -0.469 e. The van der Waals surface area contributed by atoms with Crippen LogP contribution < -0.4 is 10.1 Å². The number of carbonyl (C=O) groups excluding carboxylic acids is 1. The number of nitrogens with zero attached hydrogens (tertiary/aromatic N) is 4. The lowest BCUT2D eigenvalue weighted by molar-refractivity contribution is -0.137. The quantitative estimate of drug-likeness (QED) is 0.509. The fourth-order valence-corrected chi connectivity index (χ4v) is 3.23. The number of rotatable bonds is 4. The minimum absolute atomic E-state index is 0.00283. The number of imidazole rings is 1. The van der Waals surface area contributed by atoms with Crippen LogP contribution in [0.1, 0.15) is 23.3 Å². The standard InChI is InChI=1S/C19H13F3N6O3/c20-19(21,22)9-1-3-12-13(5-9)26-17(25-12)14-6-10(31-28-14)7-30-18-11-2-4-15(29)27-16(11)23-8-24-18/h1,3,5-6,8H,2,4,7H2,(H,25,26)(H,23,24,27,29). The van der Waals surface area contributed by atoms with Crippen molar-refractivity contribution in [2.24, 2.45) is 0 Å². The molecule has 0 spiro atoms. The van der Waals surface area contributed by atoms with Crippen molar-refractivity contribution in [2.45, 2.75) is 25.6 Å². The zero-order valence-corrected chi connectivity index (χ0v) is 15.7. The highest BCUT2D eigenvalue weighted by molar-refractivity contribution is 5.93. The predicted octanol–water partition coefficient (Wildman–Crippen LogP) is 3.49. The summed E-state index contributed by atoms with van der Waals surface area (Å²) in [4.78, 5) is 26.7. The van der Waals surface area contributed by atoms with Crippen LogP contribution in [0.15, 0.2) is 35.1 Å². The van der Waals surface area contributed by atoms with E-state index in [1.165, 1.54) is 12.4 Å². The topological polar surface area (TPSA) is 119 Å². The average molecular weight is 430 g/mol. The number of nitrogens with one attached hydrogen (secondary N) is 2. The zero-order chi connectivity index (χ0) is 21.6. The lowest BCUT2D eigenvalue weighted by Crippen LogP contribution is -2.21. The van der Waals surface area contributed by atoms with Crippen LogP contribution in [0.5, 0.6) is 5.88 Å². The van der Waals surface area contributed by atoms with Gasteiger partial charge in [-0.05, 0) is 24.6 Å². The van der Waals surface area contributed by atoms with Crippen molar-refractivity contribution in [3.63, 3.8) is 0 Å². The first-order valence-corrected chi connectivity index (χ1v) is 9.16. The van der Waals surface area contributed by atoms with Crippen molar-refractivity contribution < 1.29 is 27.2 Å². The summed E-state index contributed by atoms with van der Waals surface area (Å²) in [5, 5.41) is 6.56. The monoisotopic (exact) mass is 430 g/mol. The molecule has 0 unspecified atom stereocenters. The van der Waals surface area contributed by atoms with E-state index in [-0.39, 0.29) is 23.9 Å². The molecular formula is C19H13F3N6O3. The van der Waals surface area contributed by atoms with Crippen LogP contribution >= 0.6 is 0 Å². The number of alkyl halides is 3. The molecule has 9 nitrogen and oxygen atoms in total. The Kier molecular flexibility index (Phi) is 4.34. The van der Waals surface area contributed by atoms with E-state index in [0.29, 0.717) is 47.1 Å². The first kappa shape index (κ1) is 19.0. The first-order valence-electron chi connectivity index (χ1n) is 9.16. The second-order valence-electron chi connectivity index (χ2n) is 6.84. The summed E-state index contributed by atoms with van der Waals surface area (Å²) in [5.41, 5.74) is 0.854. The van der Waals surface area contributed by atoms with Crippen LogP contribution in [0.4, 0.5) is 19.0 Å². The summed E-state index contributed by atoms with van der Waals surface area (Å²) in [6.07, 6.45) is -2.39. The smallest absolute Gasteiger partial charge is 0.416 e. The van der Waals surface area contributed by atoms with Crippen molar-refractivity contribution in [3.05, 3.63) is 47.5 Å². The molecule has 3 aromatic heterocycles. The van der Waals surface area contributed by atoms with E-state index >= 15 is 0 Å². The fraction of sp³-hybridized carbons (Fsp3) is 0.211. The molecule has 2 N–H and O–H groups in total. The number of aromatic amines is 1. The summed E-state index contributed by atoms with van der Waals surface area (Å²) in [6, 6.07) is 4.82. The molecule has 0 saturated carbocycles. The Bertz CT molecular complexity index is 1300. The molecule has 1 amide bonds. The number of anilines is 1. The molecule has 158 valence electrons. The number of hydrogen-bond donors (Lipinski definition) is 2. The van der Waals surface area contributed by atoms with Crippen LogP contribution in [0.2, 0.25) is 0 Å². The maximum absolute atomic E-state index is 12.9. The second kappa shape index (κ2) is 7.07.